The first-order valence-corrected chi connectivity index (χ1v) is 8.84. The predicted molar refractivity (Wildman–Crippen MR) is 105 cm³/mol. The van der Waals surface area contributed by atoms with E-state index in [0.717, 1.165) is 5.56 Å². The molecule has 0 fully saturated rings. The third-order valence-electron chi connectivity index (χ3n) is 3.94. The van der Waals surface area contributed by atoms with E-state index in [2.05, 4.69) is 20.8 Å². The van der Waals surface area contributed by atoms with Crippen LogP contribution in [0.4, 0.5) is 16.2 Å². The number of hydrogen-bond donors (Lipinski definition) is 2. The molecule has 2 N–H and O–H groups in total. The van der Waals surface area contributed by atoms with E-state index in [-0.39, 0.29) is 0 Å². The molecule has 0 bridgehead atoms. The molecule has 2 aromatic carbocycles. The molecule has 4 rings (SSSR count). The Balaban J connectivity index is 1.48. The normalized spacial score (nSPS) is 10.6. The highest BCUT2D eigenvalue weighted by Gasteiger charge is 2.14. The van der Waals surface area contributed by atoms with E-state index < -0.39 is 6.03 Å². The minimum atomic E-state index is -0.401. The van der Waals surface area contributed by atoms with Crippen LogP contribution in [-0.2, 0) is 6.42 Å². The summed E-state index contributed by atoms with van der Waals surface area (Å²) in [6.07, 6.45) is 1.90. The lowest BCUT2D eigenvalue weighted by molar-refractivity contribution is 0.262. The van der Waals surface area contributed by atoms with Crippen molar-refractivity contribution < 1.29 is 13.7 Å². The second-order valence-corrected chi connectivity index (χ2v) is 6.29. The van der Waals surface area contributed by atoms with E-state index in [0.29, 0.717) is 40.3 Å². The van der Waals surface area contributed by atoms with Crippen LogP contribution < -0.4 is 10.6 Å². The van der Waals surface area contributed by atoms with Gasteiger partial charge in [0.25, 0.3) is 0 Å². The molecule has 140 valence electrons. The number of furan rings is 1. The first-order valence-electron chi connectivity index (χ1n) is 8.46. The van der Waals surface area contributed by atoms with Gasteiger partial charge in [-0.2, -0.15) is 4.98 Å². The zero-order chi connectivity index (χ0) is 19.3. The number of anilines is 2. The number of hydrogen-bond acceptors (Lipinski definition) is 5. The molecular formula is C20H15ClN4O3. The Labute approximate surface area is 165 Å². The smallest absolute Gasteiger partial charge is 0.323 e. The number of aromatic nitrogens is 2. The molecule has 7 nitrogen and oxygen atoms in total. The number of urea groups is 1. The van der Waals surface area contributed by atoms with Crippen LogP contribution >= 0.6 is 11.6 Å². The van der Waals surface area contributed by atoms with Crippen molar-refractivity contribution in [1.82, 2.24) is 10.1 Å². The van der Waals surface area contributed by atoms with E-state index in [1.165, 1.54) is 0 Å². The molecular weight excluding hydrogens is 380 g/mol. The van der Waals surface area contributed by atoms with Gasteiger partial charge in [-0.3, -0.25) is 0 Å². The molecule has 4 aromatic rings. The Hall–Kier alpha value is -3.58. The molecule has 0 aliphatic carbocycles. The molecule has 0 atom stereocenters. The topological polar surface area (TPSA) is 93.2 Å². The van der Waals surface area contributed by atoms with Gasteiger partial charge in [0, 0.05) is 5.69 Å². The minimum absolute atomic E-state index is 0.357. The quantitative estimate of drug-likeness (QED) is 0.484. The van der Waals surface area contributed by atoms with Gasteiger partial charge in [0.2, 0.25) is 11.7 Å². The number of carbonyl (C=O) groups excluding carboxylic acids is 1. The van der Waals surface area contributed by atoms with E-state index >= 15 is 0 Å². The van der Waals surface area contributed by atoms with Crippen molar-refractivity contribution in [3.8, 4) is 11.6 Å². The van der Waals surface area contributed by atoms with E-state index in [1.807, 2.05) is 18.2 Å². The number of para-hydroxylation sites is 2. The molecule has 2 amide bonds. The third-order valence-corrected chi connectivity index (χ3v) is 4.27. The number of halogens is 1. The SMILES string of the molecule is O=C(Nc1ccccc1Cl)Nc1ccccc1Cc1nc(-c2ccco2)no1. The molecule has 2 heterocycles. The Morgan fingerprint density at radius 3 is 2.50 bits per heavy atom. The molecule has 0 saturated heterocycles. The Morgan fingerprint density at radius 1 is 0.964 bits per heavy atom. The second kappa shape index (κ2) is 7.98. The number of benzene rings is 2. The van der Waals surface area contributed by atoms with Crippen molar-refractivity contribution in [3.63, 3.8) is 0 Å². The zero-order valence-electron chi connectivity index (χ0n) is 14.6. The number of carbonyl (C=O) groups is 1. The Kier molecular flexibility index (Phi) is 5.07. The van der Waals surface area contributed by atoms with Gasteiger partial charge < -0.3 is 19.6 Å². The van der Waals surface area contributed by atoms with Crippen LogP contribution in [0.5, 0.6) is 0 Å². The number of amides is 2. The first-order chi connectivity index (χ1) is 13.7. The van der Waals surface area contributed by atoms with Gasteiger partial charge in [0.15, 0.2) is 5.76 Å². The summed E-state index contributed by atoms with van der Waals surface area (Å²) >= 11 is 6.08. The summed E-state index contributed by atoms with van der Waals surface area (Å²) in [6.45, 7) is 0. The summed E-state index contributed by atoms with van der Waals surface area (Å²) in [4.78, 5) is 16.7. The monoisotopic (exact) mass is 394 g/mol. The van der Waals surface area contributed by atoms with Crippen LogP contribution in [0.15, 0.2) is 75.9 Å². The maximum atomic E-state index is 12.4. The van der Waals surface area contributed by atoms with Crippen LogP contribution in [0.25, 0.3) is 11.6 Å². The van der Waals surface area contributed by atoms with Crippen LogP contribution in [-0.4, -0.2) is 16.2 Å². The average molecular weight is 395 g/mol. The largest absolute Gasteiger partial charge is 0.461 e. The second-order valence-electron chi connectivity index (χ2n) is 5.88. The molecule has 28 heavy (non-hydrogen) atoms. The highest BCUT2D eigenvalue weighted by molar-refractivity contribution is 6.33. The Morgan fingerprint density at radius 2 is 1.71 bits per heavy atom. The van der Waals surface area contributed by atoms with Gasteiger partial charge in [-0.15, -0.1) is 0 Å². The summed E-state index contributed by atoms with van der Waals surface area (Å²) in [5.74, 6) is 1.31. The van der Waals surface area contributed by atoms with Crippen molar-refractivity contribution in [2.75, 3.05) is 10.6 Å². The fraction of sp³-hybridized carbons (Fsp3) is 0.0500. The fourth-order valence-electron chi connectivity index (χ4n) is 2.63. The number of nitrogens with zero attached hydrogens (tertiary/aromatic N) is 2. The van der Waals surface area contributed by atoms with E-state index in [9.17, 15) is 4.79 Å². The molecule has 0 spiro atoms. The van der Waals surface area contributed by atoms with Gasteiger partial charge in [-0.25, -0.2) is 4.79 Å². The van der Waals surface area contributed by atoms with Crippen molar-refractivity contribution in [1.29, 1.82) is 0 Å². The van der Waals surface area contributed by atoms with E-state index in [4.69, 9.17) is 20.5 Å². The summed E-state index contributed by atoms with van der Waals surface area (Å²) in [7, 11) is 0. The highest BCUT2D eigenvalue weighted by atomic mass is 35.5. The maximum Gasteiger partial charge on any atom is 0.323 e. The van der Waals surface area contributed by atoms with Gasteiger partial charge in [-0.05, 0) is 35.9 Å². The molecule has 0 aliphatic rings. The summed E-state index contributed by atoms with van der Waals surface area (Å²) in [5, 5.41) is 9.93. The van der Waals surface area contributed by atoms with Gasteiger partial charge in [0.1, 0.15) is 0 Å². The lowest BCUT2D eigenvalue weighted by Crippen LogP contribution is -2.20. The maximum absolute atomic E-state index is 12.4. The predicted octanol–water partition coefficient (Wildman–Crippen LogP) is 5.22. The van der Waals surface area contributed by atoms with Crippen LogP contribution in [0.1, 0.15) is 11.5 Å². The zero-order valence-corrected chi connectivity index (χ0v) is 15.3. The third kappa shape index (κ3) is 4.05. The van der Waals surface area contributed by atoms with Crippen molar-refractivity contribution in [3.05, 3.63) is 83.4 Å². The average Bonchev–Trinajstić information content (AvgIpc) is 3.37. The lowest BCUT2D eigenvalue weighted by Gasteiger charge is -2.11. The molecule has 0 saturated carbocycles. The minimum Gasteiger partial charge on any atom is -0.461 e. The first kappa shape index (κ1) is 17.8. The molecule has 8 heteroatoms. The molecule has 0 unspecified atom stereocenters. The highest BCUT2D eigenvalue weighted by Crippen LogP contribution is 2.23. The van der Waals surface area contributed by atoms with Crippen molar-refractivity contribution in [2.45, 2.75) is 6.42 Å². The number of nitrogens with one attached hydrogen (secondary N) is 2. The van der Waals surface area contributed by atoms with Crippen molar-refractivity contribution in [2.24, 2.45) is 0 Å². The Bertz CT molecular complexity index is 1090. The van der Waals surface area contributed by atoms with Gasteiger partial charge in [0.05, 0.1) is 23.4 Å². The van der Waals surface area contributed by atoms with Crippen LogP contribution in [0, 0.1) is 0 Å². The number of rotatable bonds is 5. The van der Waals surface area contributed by atoms with Crippen LogP contribution in [0.2, 0.25) is 5.02 Å². The summed E-state index contributed by atoms with van der Waals surface area (Å²) in [5.41, 5.74) is 1.98. The van der Waals surface area contributed by atoms with Gasteiger partial charge >= 0.3 is 6.03 Å². The van der Waals surface area contributed by atoms with Gasteiger partial charge in [-0.1, -0.05) is 47.1 Å². The summed E-state index contributed by atoms with van der Waals surface area (Å²) in [6, 6.07) is 17.5. The van der Waals surface area contributed by atoms with E-state index in [1.54, 1.807) is 48.7 Å². The fourth-order valence-corrected chi connectivity index (χ4v) is 2.81. The standard InChI is InChI=1S/C20H15ClN4O3/c21-14-7-2-4-9-16(14)23-20(26)22-15-8-3-1-6-13(15)12-18-24-19(25-28-18)17-10-5-11-27-17/h1-11H,12H2,(H2,22,23,26). The molecule has 0 radical (unpaired) electrons. The van der Waals surface area contributed by atoms with Crippen molar-refractivity contribution >= 4 is 29.0 Å². The lowest BCUT2D eigenvalue weighted by atomic mass is 10.1. The summed E-state index contributed by atoms with van der Waals surface area (Å²) < 4.78 is 10.6. The molecule has 2 aromatic heterocycles. The van der Waals surface area contributed by atoms with Crippen LogP contribution in [0.3, 0.4) is 0 Å². The molecule has 0 aliphatic heterocycles.